The van der Waals surface area contributed by atoms with Gasteiger partial charge in [0.25, 0.3) is 0 Å². The van der Waals surface area contributed by atoms with Crippen LogP contribution in [0.25, 0.3) is 0 Å². The highest BCUT2D eigenvalue weighted by Crippen LogP contribution is 2.19. The fraction of sp³-hybridized carbons (Fsp3) is 0.400. The van der Waals surface area contributed by atoms with E-state index in [1.54, 1.807) is 0 Å². The van der Waals surface area contributed by atoms with Gasteiger partial charge in [-0.15, -0.1) is 0 Å². The van der Waals surface area contributed by atoms with Crippen LogP contribution in [0.4, 0.5) is 0 Å². The monoisotopic (exact) mass is 198 g/mol. The molecular formula is C10H14O2S. The second-order valence-electron chi connectivity index (χ2n) is 3.32. The van der Waals surface area contributed by atoms with E-state index < -0.39 is 11.1 Å². The van der Waals surface area contributed by atoms with Gasteiger partial charge in [0, 0.05) is 0 Å². The number of hydrogen-bond acceptors (Lipinski definition) is 1. The number of rotatable bonds is 3. The molecule has 3 heteroatoms. The van der Waals surface area contributed by atoms with Gasteiger partial charge in [-0.25, -0.2) is 4.21 Å². The van der Waals surface area contributed by atoms with Crippen LogP contribution in [0.2, 0.25) is 0 Å². The first kappa shape index (κ1) is 10.4. The van der Waals surface area contributed by atoms with Crippen LogP contribution in [-0.4, -0.2) is 8.76 Å². The average Bonchev–Trinajstić information content (AvgIpc) is 2.03. The second-order valence-corrected chi connectivity index (χ2v) is 4.25. The summed E-state index contributed by atoms with van der Waals surface area (Å²) in [4.78, 5) is 0. The van der Waals surface area contributed by atoms with Crippen molar-refractivity contribution in [2.75, 3.05) is 0 Å². The number of benzene rings is 1. The Morgan fingerprint density at radius 1 is 1.38 bits per heavy atom. The minimum absolute atomic E-state index is 0.231. The molecule has 1 aromatic rings. The van der Waals surface area contributed by atoms with Crippen LogP contribution in [-0.2, 0) is 16.8 Å². The Hall–Kier alpha value is -0.670. The lowest BCUT2D eigenvalue weighted by molar-refractivity contribution is 0.563. The van der Waals surface area contributed by atoms with Gasteiger partial charge in [-0.05, 0) is 17.0 Å². The maximum Gasteiger partial charge on any atom is 0.157 e. The van der Waals surface area contributed by atoms with Gasteiger partial charge in [-0.1, -0.05) is 38.1 Å². The molecule has 1 rings (SSSR count). The summed E-state index contributed by atoms with van der Waals surface area (Å²) in [7, 11) is 0. The molecule has 0 radical (unpaired) electrons. The molecule has 0 aliphatic carbocycles. The van der Waals surface area contributed by atoms with E-state index in [0.717, 1.165) is 11.1 Å². The van der Waals surface area contributed by atoms with E-state index in [1.165, 1.54) is 0 Å². The third-order valence-electron chi connectivity index (χ3n) is 1.96. The topological polar surface area (TPSA) is 37.3 Å². The lowest BCUT2D eigenvalue weighted by Crippen LogP contribution is -1.99. The van der Waals surface area contributed by atoms with E-state index in [9.17, 15) is 4.21 Å². The van der Waals surface area contributed by atoms with Crippen molar-refractivity contribution >= 4 is 11.1 Å². The fourth-order valence-electron chi connectivity index (χ4n) is 1.36. The molecule has 1 N–H and O–H groups in total. The SMILES string of the molecule is CC(C)c1ccccc1CS(=O)O. The van der Waals surface area contributed by atoms with Crippen LogP contribution < -0.4 is 0 Å². The van der Waals surface area contributed by atoms with Gasteiger partial charge in [0.1, 0.15) is 0 Å². The summed E-state index contributed by atoms with van der Waals surface area (Å²) >= 11 is -1.74. The zero-order chi connectivity index (χ0) is 9.84. The normalized spacial score (nSPS) is 13.2. The Morgan fingerprint density at radius 2 is 2.00 bits per heavy atom. The molecule has 0 aliphatic rings. The predicted molar refractivity (Wildman–Crippen MR) is 55.0 cm³/mol. The molecule has 72 valence electrons. The molecule has 0 spiro atoms. The quantitative estimate of drug-likeness (QED) is 0.758. The Bertz CT molecular complexity index is 308. The van der Waals surface area contributed by atoms with Gasteiger partial charge in [-0.2, -0.15) is 0 Å². The summed E-state index contributed by atoms with van der Waals surface area (Å²) in [6.07, 6.45) is 0. The van der Waals surface area contributed by atoms with Crippen molar-refractivity contribution in [2.45, 2.75) is 25.5 Å². The largest absolute Gasteiger partial charge is 0.306 e. The van der Waals surface area contributed by atoms with Gasteiger partial charge < -0.3 is 4.55 Å². The molecule has 0 amide bonds. The molecule has 0 aromatic heterocycles. The number of hydrogen-bond donors (Lipinski definition) is 1. The third kappa shape index (κ3) is 2.94. The van der Waals surface area contributed by atoms with Crippen LogP contribution in [0.5, 0.6) is 0 Å². The van der Waals surface area contributed by atoms with E-state index in [-0.39, 0.29) is 5.75 Å². The lowest BCUT2D eigenvalue weighted by atomic mass is 9.98. The Labute approximate surface area is 81.3 Å². The zero-order valence-corrected chi connectivity index (χ0v) is 8.67. The van der Waals surface area contributed by atoms with Crippen molar-refractivity contribution in [3.8, 4) is 0 Å². The van der Waals surface area contributed by atoms with E-state index in [4.69, 9.17) is 4.55 Å². The zero-order valence-electron chi connectivity index (χ0n) is 7.86. The molecule has 1 aromatic carbocycles. The molecule has 0 heterocycles. The third-order valence-corrected chi connectivity index (χ3v) is 2.51. The molecular weight excluding hydrogens is 184 g/mol. The molecule has 13 heavy (non-hydrogen) atoms. The summed E-state index contributed by atoms with van der Waals surface area (Å²) in [6, 6.07) is 7.77. The van der Waals surface area contributed by atoms with Crippen LogP contribution >= 0.6 is 0 Å². The van der Waals surface area contributed by atoms with Crippen molar-refractivity contribution in [3.63, 3.8) is 0 Å². The Kier molecular flexibility index (Phi) is 3.63. The Morgan fingerprint density at radius 3 is 2.54 bits per heavy atom. The molecule has 0 aliphatic heterocycles. The van der Waals surface area contributed by atoms with Gasteiger partial charge in [0.05, 0.1) is 5.75 Å². The molecule has 0 fully saturated rings. The first-order valence-electron chi connectivity index (χ1n) is 4.26. The van der Waals surface area contributed by atoms with Crippen molar-refractivity contribution < 1.29 is 8.76 Å². The standard InChI is InChI=1S/C10H14O2S/c1-8(2)10-6-4-3-5-9(10)7-13(11)12/h3-6,8H,7H2,1-2H3,(H,11,12). The van der Waals surface area contributed by atoms with E-state index >= 15 is 0 Å². The van der Waals surface area contributed by atoms with Gasteiger partial charge in [0.15, 0.2) is 11.1 Å². The van der Waals surface area contributed by atoms with Gasteiger partial charge in [-0.3, -0.25) is 0 Å². The van der Waals surface area contributed by atoms with E-state index in [2.05, 4.69) is 13.8 Å². The van der Waals surface area contributed by atoms with Crippen molar-refractivity contribution in [3.05, 3.63) is 35.4 Å². The molecule has 1 unspecified atom stereocenters. The van der Waals surface area contributed by atoms with Crippen LogP contribution in [0.3, 0.4) is 0 Å². The highest BCUT2D eigenvalue weighted by molar-refractivity contribution is 7.78. The van der Waals surface area contributed by atoms with Crippen molar-refractivity contribution in [2.24, 2.45) is 0 Å². The van der Waals surface area contributed by atoms with Crippen LogP contribution in [0.1, 0.15) is 30.9 Å². The van der Waals surface area contributed by atoms with E-state index in [1.807, 2.05) is 24.3 Å². The minimum Gasteiger partial charge on any atom is -0.306 e. The fourth-order valence-corrected chi connectivity index (χ4v) is 1.89. The molecule has 0 saturated carbocycles. The summed E-state index contributed by atoms with van der Waals surface area (Å²) < 4.78 is 19.4. The van der Waals surface area contributed by atoms with Crippen LogP contribution in [0, 0.1) is 0 Å². The Balaban J connectivity index is 2.97. The average molecular weight is 198 g/mol. The summed E-state index contributed by atoms with van der Waals surface area (Å²) in [5.74, 6) is 0.633. The second kappa shape index (κ2) is 4.53. The van der Waals surface area contributed by atoms with E-state index in [0.29, 0.717) is 5.92 Å². The highest BCUT2D eigenvalue weighted by Gasteiger charge is 2.07. The summed E-state index contributed by atoms with van der Waals surface area (Å²) in [5, 5.41) is 0. The van der Waals surface area contributed by atoms with Crippen LogP contribution in [0.15, 0.2) is 24.3 Å². The first-order chi connectivity index (χ1) is 6.11. The first-order valence-corrected chi connectivity index (χ1v) is 5.54. The lowest BCUT2D eigenvalue weighted by Gasteiger charge is -2.10. The minimum atomic E-state index is -1.74. The van der Waals surface area contributed by atoms with Crippen molar-refractivity contribution in [1.82, 2.24) is 0 Å². The maximum absolute atomic E-state index is 10.7. The summed E-state index contributed by atoms with van der Waals surface area (Å²) in [6.45, 7) is 4.16. The molecule has 0 saturated heterocycles. The van der Waals surface area contributed by atoms with Gasteiger partial charge >= 0.3 is 0 Å². The molecule has 2 nitrogen and oxygen atoms in total. The predicted octanol–water partition coefficient (Wildman–Crippen LogP) is 2.53. The van der Waals surface area contributed by atoms with Crippen molar-refractivity contribution in [1.29, 1.82) is 0 Å². The van der Waals surface area contributed by atoms with Gasteiger partial charge in [0.2, 0.25) is 0 Å². The smallest absolute Gasteiger partial charge is 0.157 e. The molecule has 0 bridgehead atoms. The molecule has 1 atom stereocenters. The summed E-state index contributed by atoms with van der Waals surface area (Å²) in [5.41, 5.74) is 2.13. The maximum atomic E-state index is 10.7. The highest BCUT2D eigenvalue weighted by atomic mass is 32.2.